The lowest BCUT2D eigenvalue weighted by atomic mass is 10.2. The van der Waals surface area contributed by atoms with E-state index in [-0.39, 0.29) is 12.0 Å². The summed E-state index contributed by atoms with van der Waals surface area (Å²) in [5.41, 5.74) is 0. The van der Waals surface area contributed by atoms with Gasteiger partial charge in [-0.05, 0) is 22.9 Å². The molecule has 5 heteroatoms. The minimum atomic E-state index is -0.223. The molecule has 72 valence electrons. The Labute approximate surface area is 85.0 Å². The quantitative estimate of drug-likeness (QED) is 0.764. The number of aromatic nitrogens is 2. The molecule has 0 radical (unpaired) electrons. The standard InChI is InChI=1S/C8H11BrN2O2/c1-6(3-8(12)13-2)11-5-7(9)4-10-11/h4-6H,3H2,1-2H3. The van der Waals surface area contributed by atoms with Gasteiger partial charge < -0.3 is 4.74 Å². The number of esters is 1. The summed E-state index contributed by atoms with van der Waals surface area (Å²) in [5.74, 6) is -0.223. The van der Waals surface area contributed by atoms with Gasteiger partial charge in [-0.3, -0.25) is 9.48 Å². The summed E-state index contributed by atoms with van der Waals surface area (Å²) in [7, 11) is 1.38. The minimum Gasteiger partial charge on any atom is -0.469 e. The average Bonchev–Trinajstić information content (AvgIpc) is 2.51. The van der Waals surface area contributed by atoms with E-state index >= 15 is 0 Å². The third kappa shape index (κ3) is 2.84. The number of nitrogens with zero attached hydrogens (tertiary/aromatic N) is 2. The van der Waals surface area contributed by atoms with Gasteiger partial charge in [0.1, 0.15) is 0 Å². The Morgan fingerprint density at radius 1 is 1.85 bits per heavy atom. The van der Waals surface area contributed by atoms with E-state index in [0.717, 1.165) is 4.47 Å². The molecule has 1 aromatic heterocycles. The molecular formula is C8H11BrN2O2. The second-order valence-electron chi connectivity index (χ2n) is 2.77. The van der Waals surface area contributed by atoms with Crippen LogP contribution in [0.1, 0.15) is 19.4 Å². The summed E-state index contributed by atoms with van der Waals surface area (Å²) in [6.07, 6.45) is 3.85. The van der Waals surface area contributed by atoms with Crippen molar-refractivity contribution in [3.63, 3.8) is 0 Å². The van der Waals surface area contributed by atoms with Gasteiger partial charge in [-0.2, -0.15) is 5.10 Å². The summed E-state index contributed by atoms with van der Waals surface area (Å²) < 4.78 is 7.19. The highest BCUT2D eigenvalue weighted by atomic mass is 79.9. The third-order valence-corrected chi connectivity index (χ3v) is 2.12. The van der Waals surface area contributed by atoms with Crippen LogP contribution in [0.15, 0.2) is 16.9 Å². The highest BCUT2D eigenvalue weighted by Crippen LogP contribution is 2.14. The van der Waals surface area contributed by atoms with E-state index in [2.05, 4.69) is 25.8 Å². The summed E-state index contributed by atoms with van der Waals surface area (Å²) in [6, 6.07) is 0.0266. The Balaban J connectivity index is 2.58. The zero-order valence-electron chi connectivity index (χ0n) is 7.53. The fraction of sp³-hybridized carbons (Fsp3) is 0.500. The molecule has 1 rings (SSSR count). The molecular weight excluding hydrogens is 236 g/mol. The van der Waals surface area contributed by atoms with E-state index in [0.29, 0.717) is 6.42 Å². The second-order valence-corrected chi connectivity index (χ2v) is 3.68. The van der Waals surface area contributed by atoms with Crippen molar-refractivity contribution in [2.75, 3.05) is 7.11 Å². The van der Waals surface area contributed by atoms with Crippen LogP contribution in [0.5, 0.6) is 0 Å². The molecule has 0 aliphatic carbocycles. The molecule has 0 saturated carbocycles. The maximum atomic E-state index is 10.9. The number of halogens is 1. The highest BCUT2D eigenvalue weighted by molar-refractivity contribution is 9.10. The van der Waals surface area contributed by atoms with Crippen molar-refractivity contribution in [3.05, 3.63) is 16.9 Å². The van der Waals surface area contributed by atoms with Crippen molar-refractivity contribution in [1.29, 1.82) is 0 Å². The lowest BCUT2D eigenvalue weighted by Crippen LogP contribution is -2.12. The Morgan fingerprint density at radius 3 is 3.00 bits per heavy atom. The van der Waals surface area contributed by atoms with Crippen LogP contribution >= 0.6 is 15.9 Å². The smallest absolute Gasteiger partial charge is 0.307 e. The van der Waals surface area contributed by atoms with Gasteiger partial charge in [-0.25, -0.2) is 0 Å². The van der Waals surface area contributed by atoms with E-state index in [1.807, 2.05) is 13.1 Å². The Hall–Kier alpha value is -0.840. The molecule has 0 bridgehead atoms. The molecule has 1 aromatic rings. The summed E-state index contributed by atoms with van der Waals surface area (Å²) in [6.45, 7) is 1.91. The first-order valence-corrected chi connectivity index (χ1v) is 4.69. The topological polar surface area (TPSA) is 44.1 Å². The maximum absolute atomic E-state index is 10.9. The zero-order chi connectivity index (χ0) is 9.84. The van der Waals surface area contributed by atoms with E-state index in [1.54, 1.807) is 10.9 Å². The van der Waals surface area contributed by atoms with Gasteiger partial charge in [0.05, 0.1) is 30.2 Å². The van der Waals surface area contributed by atoms with Crippen LogP contribution in [0.3, 0.4) is 0 Å². The molecule has 0 N–H and O–H groups in total. The molecule has 1 heterocycles. The van der Waals surface area contributed by atoms with Gasteiger partial charge in [-0.15, -0.1) is 0 Å². The molecule has 1 atom stereocenters. The van der Waals surface area contributed by atoms with Gasteiger partial charge in [0.25, 0.3) is 0 Å². The fourth-order valence-electron chi connectivity index (χ4n) is 0.974. The average molecular weight is 247 g/mol. The largest absolute Gasteiger partial charge is 0.469 e. The molecule has 13 heavy (non-hydrogen) atoms. The van der Waals surface area contributed by atoms with Gasteiger partial charge in [0.15, 0.2) is 0 Å². The molecule has 0 saturated heterocycles. The summed E-state index contributed by atoms with van der Waals surface area (Å²) >= 11 is 3.28. The maximum Gasteiger partial charge on any atom is 0.307 e. The van der Waals surface area contributed by atoms with E-state index < -0.39 is 0 Å². The molecule has 0 amide bonds. The van der Waals surface area contributed by atoms with Crippen LogP contribution in [0.25, 0.3) is 0 Å². The fourth-order valence-corrected chi connectivity index (χ4v) is 1.28. The lowest BCUT2D eigenvalue weighted by molar-refractivity contribution is -0.141. The number of hydrogen-bond acceptors (Lipinski definition) is 3. The monoisotopic (exact) mass is 246 g/mol. The molecule has 0 fully saturated rings. The van der Waals surface area contributed by atoms with E-state index in [4.69, 9.17) is 0 Å². The predicted octanol–water partition coefficient (Wildman–Crippen LogP) is 1.77. The van der Waals surface area contributed by atoms with Crippen molar-refractivity contribution >= 4 is 21.9 Å². The predicted molar refractivity (Wildman–Crippen MR) is 51.3 cm³/mol. The number of methoxy groups -OCH3 is 1. The van der Waals surface area contributed by atoms with Gasteiger partial charge >= 0.3 is 5.97 Å². The Morgan fingerprint density at radius 2 is 2.54 bits per heavy atom. The van der Waals surface area contributed by atoms with E-state index in [9.17, 15) is 4.79 Å². The normalized spacial score (nSPS) is 12.5. The Kier molecular flexibility index (Phi) is 3.48. The van der Waals surface area contributed by atoms with Crippen LogP contribution in [0.2, 0.25) is 0 Å². The first kappa shape index (κ1) is 10.2. The summed E-state index contributed by atoms with van der Waals surface area (Å²) in [5, 5.41) is 4.07. The first-order chi connectivity index (χ1) is 6.13. The second kappa shape index (κ2) is 4.41. The highest BCUT2D eigenvalue weighted by Gasteiger charge is 2.11. The van der Waals surface area contributed by atoms with Gasteiger partial charge in [0.2, 0.25) is 0 Å². The van der Waals surface area contributed by atoms with Crippen molar-refractivity contribution in [3.8, 4) is 0 Å². The number of carbonyl (C=O) groups excluding carboxylic acids is 1. The van der Waals surface area contributed by atoms with Crippen LogP contribution < -0.4 is 0 Å². The SMILES string of the molecule is COC(=O)CC(C)n1cc(Br)cn1. The lowest BCUT2D eigenvalue weighted by Gasteiger charge is -2.09. The molecule has 0 aliphatic heterocycles. The van der Waals surface area contributed by atoms with Crippen LogP contribution in [-0.4, -0.2) is 22.9 Å². The molecule has 4 nitrogen and oxygen atoms in total. The molecule has 0 aliphatic rings. The van der Waals surface area contributed by atoms with Crippen LogP contribution in [-0.2, 0) is 9.53 Å². The van der Waals surface area contributed by atoms with Crippen LogP contribution in [0.4, 0.5) is 0 Å². The third-order valence-electron chi connectivity index (χ3n) is 1.71. The first-order valence-electron chi connectivity index (χ1n) is 3.90. The van der Waals surface area contributed by atoms with Crippen molar-refractivity contribution in [2.45, 2.75) is 19.4 Å². The number of rotatable bonds is 3. The van der Waals surface area contributed by atoms with Gasteiger partial charge in [0, 0.05) is 6.20 Å². The van der Waals surface area contributed by atoms with Crippen LogP contribution in [0, 0.1) is 0 Å². The molecule has 0 aromatic carbocycles. The molecule has 1 unspecified atom stereocenters. The van der Waals surface area contributed by atoms with Crippen molar-refractivity contribution < 1.29 is 9.53 Å². The zero-order valence-corrected chi connectivity index (χ0v) is 9.11. The number of hydrogen-bond donors (Lipinski definition) is 0. The summed E-state index contributed by atoms with van der Waals surface area (Å²) in [4.78, 5) is 10.9. The minimum absolute atomic E-state index is 0.0266. The van der Waals surface area contributed by atoms with Gasteiger partial charge in [-0.1, -0.05) is 0 Å². The number of ether oxygens (including phenoxy) is 1. The van der Waals surface area contributed by atoms with Crippen molar-refractivity contribution in [1.82, 2.24) is 9.78 Å². The Bertz CT molecular complexity index is 298. The van der Waals surface area contributed by atoms with Crippen molar-refractivity contribution in [2.24, 2.45) is 0 Å². The van der Waals surface area contributed by atoms with E-state index in [1.165, 1.54) is 7.11 Å². The number of carbonyl (C=O) groups is 1. The molecule has 0 spiro atoms.